The van der Waals surface area contributed by atoms with Crippen molar-refractivity contribution in [2.45, 2.75) is 45.0 Å². The van der Waals surface area contributed by atoms with Crippen molar-refractivity contribution in [2.24, 2.45) is 0 Å². The van der Waals surface area contributed by atoms with Gasteiger partial charge in [-0.1, -0.05) is 11.6 Å². The van der Waals surface area contributed by atoms with E-state index in [2.05, 4.69) is 0 Å². The molecule has 4 nitrogen and oxygen atoms in total. The van der Waals surface area contributed by atoms with Crippen LogP contribution in [0.25, 0.3) is 0 Å². The van der Waals surface area contributed by atoms with Crippen molar-refractivity contribution < 1.29 is 14.3 Å². The van der Waals surface area contributed by atoms with E-state index in [1.807, 2.05) is 13.8 Å². The van der Waals surface area contributed by atoms with Gasteiger partial charge < -0.3 is 15.2 Å². The Hall–Kier alpha value is -1.26. The third-order valence-corrected chi connectivity index (χ3v) is 3.50. The van der Waals surface area contributed by atoms with Gasteiger partial charge in [0.1, 0.15) is 6.10 Å². The van der Waals surface area contributed by atoms with Crippen molar-refractivity contribution >= 4 is 23.3 Å². The van der Waals surface area contributed by atoms with E-state index in [1.165, 1.54) is 6.07 Å². The first-order valence-corrected chi connectivity index (χ1v) is 6.75. The normalized spacial score (nSPS) is 27.0. The monoisotopic (exact) mass is 283 g/mol. The number of benzene rings is 1. The fourth-order valence-electron chi connectivity index (χ4n) is 2.33. The van der Waals surface area contributed by atoms with Gasteiger partial charge in [-0.25, -0.2) is 4.79 Å². The molecule has 1 aliphatic rings. The molecule has 19 heavy (non-hydrogen) atoms. The number of nitrogens with two attached hydrogens (primary N) is 1. The first kappa shape index (κ1) is 14.2. The van der Waals surface area contributed by atoms with E-state index in [4.69, 9.17) is 26.8 Å². The second kappa shape index (κ2) is 5.80. The molecule has 104 valence electrons. The minimum absolute atomic E-state index is 0.108. The molecule has 1 fully saturated rings. The average molecular weight is 284 g/mol. The lowest BCUT2D eigenvalue weighted by Crippen LogP contribution is -2.35. The molecule has 5 heteroatoms. The Bertz CT molecular complexity index is 468. The van der Waals surface area contributed by atoms with Gasteiger partial charge in [-0.15, -0.1) is 0 Å². The molecule has 1 heterocycles. The van der Waals surface area contributed by atoms with E-state index in [-0.39, 0.29) is 24.3 Å². The molecule has 2 unspecified atom stereocenters. The van der Waals surface area contributed by atoms with Crippen molar-refractivity contribution in [3.63, 3.8) is 0 Å². The van der Waals surface area contributed by atoms with E-state index in [0.717, 1.165) is 12.8 Å². The van der Waals surface area contributed by atoms with Gasteiger partial charge in [-0.05, 0) is 32.0 Å². The summed E-state index contributed by atoms with van der Waals surface area (Å²) in [5.41, 5.74) is 6.48. The number of ether oxygens (including phenoxy) is 2. The fourth-order valence-corrected chi connectivity index (χ4v) is 2.45. The lowest BCUT2D eigenvalue weighted by atomic mass is 10.0. The molecular formula is C14H18ClNO3. The van der Waals surface area contributed by atoms with E-state index < -0.39 is 0 Å². The van der Waals surface area contributed by atoms with Gasteiger partial charge in [0.2, 0.25) is 0 Å². The maximum atomic E-state index is 12.0. The molecule has 2 rings (SSSR count). The van der Waals surface area contributed by atoms with Crippen molar-refractivity contribution in [2.75, 3.05) is 5.73 Å². The summed E-state index contributed by atoms with van der Waals surface area (Å²) < 4.78 is 11.1. The van der Waals surface area contributed by atoms with Gasteiger partial charge in [-0.2, -0.15) is 0 Å². The number of anilines is 1. The number of rotatable bonds is 2. The number of hydrogen-bond acceptors (Lipinski definition) is 4. The van der Waals surface area contributed by atoms with Crippen LogP contribution in [0.4, 0.5) is 5.69 Å². The standard InChI is InChI=1S/C14H18ClNO3/c1-8-5-11(6-9(2)18-8)19-14(17)10-3-4-12(15)13(16)7-10/h3-4,7-9,11H,5-6,16H2,1-2H3. The summed E-state index contributed by atoms with van der Waals surface area (Å²) in [6.45, 7) is 3.97. The molecule has 1 aliphatic heterocycles. The highest BCUT2D eigenvalue weighted by atomic mass is 35.5. The molecule has 0 radical (unpaired) electrons. The highest BCUT2D eigenvalue weighted by Crippen LogP contribution is 2.24. The largest absolute Gasteiger partial charge is 0.459 e. The summed E-state index contributed by atoms with van der Waals surface area (Å²) >= 11 is 5.82. The number of esters is 1. The van der Waals surface area contributed by atoms with Crippen LogP contribution < -0.4 is 5.73 Å². The number of carbonyl (C=O) groups is 1. The maximum Gasteiger partial charge on any atom is 0.338 e. The minimum Gasteiger partial charge on any atom is -0.459 e. The quantitative estimate of drug-likeness (QED) is 0.669. The number of nitrogen functional groups attached to an aromatic ring is 1. The molecule has 0 spiro atoms. The Balaban J connectivity index is 2.02. The smallest absolute Gasteiger partial charge is 0.338 e. The zero-order valence-electron chi connectivity index (χ0n) is 11.1. The Morgan fingerprint density at radius 1 is 1.37 bits per heavy atom. The van der Waals surface area contributed by atoms with Crippen molar-refractivity contribution in [3.05, 3.63) is 28.8 Å². The number of carbonyl (C=O) groups excluding carboxylic acids is 1. The van der Waals surface area contributed by atoms with Crippen LogP contribution in [0.3, 0.4) is 0 Å². The maximum absolute atomic E-state index is 12.0. The third kappa shape index (κ3) is 3.61. The summed E-state index contributed by atoms with van der Waals surface area (Å²) in [5.74, 6) is -0.366. The lowest BCUT2D eigenvalue weighted by molar-refractivity contribution is -0.0855. The molecule has 0 aliphatic carbocycles. The molecule has 2 atom stereocenters. The second-order valence-electron chi connectivity index (χ2n) is 4.99. The third-order valence-electron chi connectivity index (χ3n) is 3.16. The lowest BCUT2D eigenvalue weighted by Gasteiger charge is -2.31. The highest BCUT2D eigenvalue weighted by molar-refractivity contribution is 6.33. The van der Waals surface area contributed by atoms with Gasteiger partial charge in [-0.3, -0.25) is 0 Å². The van der Waals surface area contributed by atoms with Crippen LogP contribution in [0.5, 0.6) is 0 Å². The Kier molecular flexibility index (Phi) is 4.32. The van der Waals surface area contributed by atoms with Crippen LogP contribution in [0.2, 0.25) is 5.02 Å². The fraction of sp³-hybridized carbons (Fsp3) is 0.500. The van der Waals surface area contributed by atoms with Gasteiger partial charge >= 0.3 is 5.97 Å². The van der Waals surface area contributed by atoms with Crippen LogP contribution in [0.1, 0.15) is 37.0 Å². The van der Waals surface area contributed by atoms with Crippen LogP contribution in [0, 0.1) is 0 Å². The molecular weight excluding hydrogens is 266 g/mol. The van der Waals surface area contributed by atoms with Gasteiger partial charge in [0.15, 0.2) is 0 Å². The topological polar surface area (TPSA) is 61.5 Å². The average Bonchev–Trinajstić information content (AvgIpc) is 2.31. The minimum atomic E-state index is -0.366. The molecule has 0 amide bonds. The Morgan fingerprint density at radius 3 is 2.58 bits per heavy atom. The zero-order chi connectivity index (χ0) is 14.0. The Labute approximate surface area is 117 Å². The predicted octanol–water partition coefficient (Wildman–Crippen LogP) is 3.04. The molecule has 1 saturated heterocycles. The predicted molar refractivity (Wildman–Crippen MR) is 74.3 cm³/mol. The van der Waals surface area contributed by atoms with Crippen molar-refractivity contribution in [1.82, 2.24) is 0 Å². The molecule has 0 aromatic heterocycles. The van der Waals surface area contributed by atoms with Crippen LogP contribution in [-0.2, 0) is 9.47 Å². The van der Waals surface area contributed by atoms with Crippen LogP contribution >= 0.6 is 11.6 Å². The molecule has 0 bridgehead atoms. The summed E-state index contributed by atoms with van der Waals surface area (Å²) in [7, 11) is 0. The molecule has 1 aromatic rings. The van der Waals surface area contributed by atoms with E-state index in [9.17, 15) is 4.79 Å². The van der Waals surface area contributed by atoms with Gasteiger partial charge in [0.25, 0.3) is 0 Å². The van der Waals surface area contributed by atoms with Crippen molar-refractivity contribution in [1.29, 1.82) is 0 Å². The van der Waals surface area contributed by atoms with Gasteiger partial charge in [0, 0.05) is 12.8 Å². The summed E-state index contributed by atoms with van der Waals surface area (Å²) in [4.78, 5) is 12.0. The van der Waals surface area contributed by atoms with E-state index >= 15 is 0 Å². The van der Waals surface area contributed by atoms with E-state index in [1.54, 1.807) is 12.1 Å². The summed E-state index contributed by atoms with van der Waals surface area (Å²) in [6.07, 6.45) is 1.55. The molecule has 0 saturated carbocycles. The highest BCUT2D eigenvalue weighted by Gasteiger charge is 2.27. The first-order chi connectivity index (χ1) is 8.95. The summed E-state index contributed by atoms with van der Waals surface area (Å²) in [5, 5.41) is 0.435. The first-order valence-electron chi connectivity index (χ1n) is 6.37. The van der Waals surface area contributed by atoms with Crippen LogP contribution in [-0.4, -0.2) is 24.3 Å². The zero-order valence-corrected chi connectivity index (χ0v) is 11.8. The molecule has 2 N–H and O–H groups in total. The van der Waals surface area contributed by atoms with E-state index in [0.29, 0.717) is 16.3 Å². The Morgan fingerprint density at radius 2 is 2.00 bits per heavy atom. The SMILES string of the molecule is CC1CC(OC(=O)c2ccc(Cl)c(N)c2)CC(C)O1. The second-order valence-corrected chi connectivity index (χ2v) is 5.40. The van der Waals surface area contributed by atoms with Crippen LogP contribution in [0.15, 0.2) is 18.2 Å². The number of hydrogen-bond donors (Lipinski definition) is 1. The van der Waals surface area contributed by atoms with Gasteiger partial charge in [0.05, 0.1) is 28.5 Å². The summed E-state index contributed by atoms with van der Waals surface area (Å²) in [6, 6.07) is 4.76. The molecule has 1 aromatic carbocycles. The number of halogens is 1. The van der Waals surface area contributed by atoms with Crippen molar-refractivity contribution in [3.8, 4) is 0 Å².